The monoisotopic (exact) mass is 311 g/mol. The third kappa shape index (κ3) is 2.26. The highest BCUT2D eigenvalue weighted by atomic mass is 19.4. The number of benzene rings is 1. The number of rotatable bonds is 5. The van der Waals surface area contributed by atoms with E-state index in [2.05, 4.69) is 6.58 Å². The van der Waals surface area contributed by atoms with Crippen LogP contribution in [-0.4, -0.2) is 12.5 Å². The van der Waals surface area contributed by atoms with Crippen molar-refractivity contribution in [3.8, 4) is 5.75 Å². The SMILES string of the molecule is C=C(C(N)=O)C12CC(COc3cccc(C(F)(F)F)c3)(C1)C2. The van der Waals surface area contributed by atoms with E-state index in [0.29, 0.717) is 12.2 Å². The Kier molecular flexibility index (Phi) is 3.06. The van der Waals surface area contributed by atoms with E-state index < -0.39 is 17.6 Å². The number of alkyl halides is 3. The van der Waals surface area contributed by atoms with Crippen molar-refractivity contribution < 1.29 is 22.7 Å². The van der Waals surface area contributed by atoms with Crippen LogP contribution >= 0.6 is 0 Å². The molecule has 0 heterocycles. The van der Waals surface area contributed by atoms with Gasteiger partial charge in [0.15, 0.2) is 0 Å². The minimum atomic E-state index is -4.38. The zero-order valence-electron chi connectivity index (χ0n) is 11.9. The van der Waals surface area contributed by atoms with Gasteiger partial charge in [0.1, 0.15) is 5.75 Å². The molecule has 0 saturated heterocycles. The maximum absolute atomic E-state index is 12.6. The number of carbonyl (C=O) groups excluding carboxylic acids is 1. The van der Waals surface area contributed by atoms with Gasteiger partial charge in [0.05, 0.1) is 12.2 Å². The topological polar surface area (TPSA) is 52.3 Å². The van der Waals surface area contributed by atoms with Crippen molar-refractivity contribution in [3.63, 3.8) is 0 Å². The molecule has 4 rings (SSSR count). The summed E-state index contributed by atoms with van der Waals surface area (Å²) in [4.78, 5) is 11.2. The summed E-state index contributed by atoms with van der Waals surface area (Å²) in [7, 11) is 0. The summed E-state index contributed by atoms with van der Waals surface area (Å²) in [6.07, 6.45) is -2.08. The van der Waals surface area contributed by atoms with Gasteiger partial charge in [-0.25, -0.2) is 0 Å². The summed E-state index contributed by atoms with van der Waals surface area (Å²) in [5, 5.41) is 0. The van der Waals surface area contributed by atoms with Gasteiger partial charge in [-0.05, 0) is 37.5 Å². The van der Waals surface area contributed by atoms with Crippen LogP contribution in [0.3, 0.4) is 0 Å². The molecule has 3 aliphatic rings. The molecule has 3 aliphatic carbocycles. The molecule has 2 bridgehead atoms. The minimum absolute atomic E-state index is 0.0490. The first-order valence-corrected chi connectivity index (χ1v) is 6.95. The predicted octanol–water partition coefficient (Wildman–Crippen LogP) is 3.30. The lowest BCUT2D eigenvalue weighted by molar-refractivity contribution is -0.195. The Hall–Kier alpha value is -1.98. The average molecular weight is 311 g/mol. The summed E-state index contributed by atoms with van der Waals surface area (Å²) in [6.45, 7) is 4.08. The van der Waals surface area contributed by atoms with E-state index in [1.807, 2.05) is 0 Å². The molecule has 1 aromatic rings. The largest absolute Gasteiger partial charge is 0.493 e. The van der Waals surface area contributed by atoms with Gasteiger partial charge >= 0.3 is 6.18 Å². The first kappa shape index (κ1) is 14.9. The van der Waals surface area contributed by atoms with Gasteiger partial charge in [-0.2, -0.15) is 13.2 Å². The van der Waals surface area contributed by atoms with Gasteiger partial charge < -0.3 is 10.5 Å². The number of hydrogen-bond donors (Lipinski definition) is 1. The van der Waals surface area contributed by atoms with E-state index in [-0.39, 0.29) is 16.6 Å². The minimum Gasteiger partial charge on any atom is -0.493 e. The summed E-state index contributed by atoms with van der Waals surface area (Å²) in [6, 6.07) is 4.86. The Morgan fingerprint density at radius 1 is 1.32 bits per heavy atom. The molecule has 3 nitrogen and oxygen atoms in total. The summed E-state index contributed by atoms with van der Waals surface area (Å²) in [5.41, 5.74) is 4.74. The van der Waals surface area contributed by atoms with Gasteiger partial charge in [0.25, 0.3) is 0 Å². The number of primary amides is 1. The van der Waals surface area contributed by atoms with E-state index in [4.69, 9.17) is 10.5 Å². The van der Waals surface area contributed by atoms with Crippen molar-refractivity contribution in [1.29, 1.82) is 0 Å². The third-order valence-electron chi connectivity index (χ3n) is 4.78. The molecule has 0 unspecified atom stereocenters. The van der Waals surface area contributed by atoms with Crippen LogP contribution in [0.2, 0.25) is 0 Å². The fraction of sp³-hybridized carbons (Fsp3) is 0.438. The molecule has 3 saturated carbocycles. The second-order valence-electron chi connectivity index (χ2n) is 6.47. The first-order chi connectivity index (χ1) is 10.2. The molecule has 3 fully saturated rings. The van der Waals surface area contributed by atoms with Gasteiger partial charge in [-0.15, -0.1) is 0 Å². The zero-order chi connectivity index (χ0) is 16.2. The van der Waals surface area contributed by atoms with Crippen LogP contribution in [-0.2, 0) is 11.0 Å². The Bertz CT molecular complexity index is 631. The summed E-state index contributed by atoms with van der Waals surface area (Å²) < 4.78 is 43.4. The first-order valence-electron chi connectivity index (χ1n) is 6.95. The van der Waals surface area contributed by atoms with Crippen molar-refractivity contribution in [3.05, 3.63) is 42.0 Å². The smallest absolute Gasteiger partial charge is 0.416 e. The van der Waals surface area contributed by atoms with Crippen LogP contribution in [0.4, 0.5) is 13.2 Å². The predicted molar refractivity (Wildman–Crippen MR) is 74.0 cm³/mol. The number of ether oxygens (including phenoxy) is 1. The number of amides is 1. The van der Waals surface area contributed by atoms with Crippen LogP contribution < -0.4 is 10.5 Å². The van der Waals surface area contributed by atoms with E-state index >= 15 is 0 Å². The molecule has 1 aromatic carbocycles. The number of hydrogen-bond acceptors (Lipinski definition) is 2. The fourth-order valence-electron chi connectivity index (χ4n) is 3.73. The molecule has 0 spiro atoms. The van der Waals surface area contributed by atoms with E-state index in [1.165, 1.54) is 12.1 Å². The Labute approximate surface area is 125 Å². The molecule has 1 amide bonds. The fourth-order valence-corrected chi connectivity index (χ4v) is 3.73. The molecule has 0 radical (unpaired) electrons. The number of carbonyl (C=O) groups is 1. The average Bonchev–Trinajstić information content (AvgIpc) is 2.34. The molecule has 2 N–H and O–H groups in total. The van der Waals surface area contributed by atoms with Gasteiger partial charge in [-0.3, -0.25) is 4.79 Å². The normalized spacial score (nSPS) is 29.2. The quantitative estimate of drug-likeness (QED) is 0.848. The standard InChI is InChI=1S/C16H16F3NO2/c1-10(13(20)21)15-6-14(7-15,8-15)9-22-12-4-2-3-11(5-12)16(17,18)19/h2-5H,1,6-9H2,(H2,20,21). The van der Waals surface area contributed by atoms with E-state index in [1.54, 1.807) is 0 Å². The van der Waals surface area contributed by atoms with Crippen molar-refractivity contribution in [2.24, 2.45) is 16.6 Å². The van der Waals surface area contributed by atoms with Crippen LogP contribution in [0.25, 0.3) is 0 Å². The van der Waals surface area contributed by atoms with Gasteiger partial charge in [0.2, 0.25) is 5.91 Å². The lowest BCUT2D eigenvalue weighted by Gasteiger charge is -2.70. The molecule has 0 aromatic heterocycles. The molecule has 6 heteroatoms. The molecule has 118 valence electrons. The van der Waals surface area contributed by atoms with Gasteiger partial charge in [0, 0.05) is 16.4 Å². The highest BCUT2D eigenvalue weighted by Gasteiger charge is 2.69. The lowest BCUT2D eigenvalue weighted by Crippen LogP contribution is -2.65. The van der Waals surface area contributed by atoms with Crippen LogP contribution in [0.15, 0.2) is 36.4 Å². The van der Waals surface area contributed by atoms with Crippen molar-refractivity contribution in [2.45, 2.75) is 25.4 Å². The van der Waals surface area contributed by atoms with Crippen LogP contribution in [0, 0.1) is 10.8 Å². The van der Waals surface area contributed by atoms with Gasteiger partial charge in [-0.1, -0.05) is 12.6 Å². The van der Waals surface area contributed by atoms with Crippen LogP contribution in [0.1, 0.15) is 24.8 Å². The lowest BCUT2D eigenvalue weighted by atomic mass is 9.33. The second-order valence-corrected chi connectivity index (χ2v) is 6.47. The Morgan fingerprint density at radius 3 is 2.50 bits per heavy atom. The zero-order valence-corrected chi connectivity index (χ0v) is 11.9. The maximum atomic E-state index is 12.6. The Morgan fingerprint density at radius 2 is 1.95 bits per heavy atom. The van der Waals surface area contributed by atoms with Crippen molar-refractivity contribution >= 4 is 5.91 Å². The molecule has 0 atom stereocenters. The molecular formula is C16H16F3NO2. The third-order valence-corrected chi connectivity index (χ3v) is 4.78. The number of halogens is 3. The highest BCUT2D eigenvalue weighted by molar-refractivity contribution is 5.93. The summed E-state index contributed by atoms with van der Waals surface area (Å²) >= 11 is 0. The molecular weight excluding hydrogens is 295 g/mol. The maximum Gasteiger partial charge on any atom is 0.416 e. The molecule has 22 heavy (non-hydrogen) atoms. The highest BCUT2D eigenvalue weighted by Crippen LogP contribution is 2.75. The molecule has 0 aliphatic heterocycles. The second kappa shape index (κ2) is 4.51. The van der Waals surface area contributed by atoms with E-state index in [0.717, 1.165) is 31.4 Å². The van der Waals surface area contributed by atoms with Crippen molar-refractivity contribution in [1.82, 2.24) is 0 Å². The van der Waals surface area contributed by atoms with E-state index in [9.17, 15) is 18.0 Å². The van der Waals surface area contributed by atoms with Crippen LogP contribution in [0.5, 0.6) is 5.75 Å². The summed E-state index contributed by atoms with van der Waals surface area (Å²) in [5.74, 6) is -0.269. The van der Waals surface area contributed by atoms with Crippen molar-refractivity contribution in [2.75, 3.05) is 6.61 Å². The Balaban J connectivity index is 1.58. The number of nitrogens with two attached hydrogens (primary N) is 1.